The number of rotatable bonds is 7. The lowest BCUT2D eigenvalue weighted by atomic mass is 10.1. The van der Waals surface area contributed by atoms with E-state index in [0.29, 0.717) is 25.1 Å². The lowest BCUT2D eigenvalue weighted by Gasteiger charge is -2.25. The van der Waals surface area contributed by atoms with Crippen molar-refractivity contribution >= 4 is 11.8 Å². The van der Waals surface area contributed by atoms with Gasteiger partial charge in [0.25, 0.3) is 5.91 Å². The molecular weight excluding hydrogens is 357 g/mol. The normalized spacial score (nSPS) is 15.1. The van der Waals surface area contributed by atoms with Crippen LogP contribution in [0.1, 0.15) is 40.4 Å². The van der Waals surface area contributed by atoms with Crippen LogP contribution in [0.5, 0.6) is 0 Å². The van der Waals surface area contributed by atoms with E-state index in [-0.39, 0.29) is 23.7 Å². The van der Waals surface area contributed by atoms with Gasteiger partial charge in [-0.1, -0.05) is 24.3 Å². The summed E-state index contributed by atoms with van der Waals surface area (Å²) in [6.45, 7) is 1.67. The Morgan fingerprint density at radius 2 is 2.00 bits per heavy atom. The van der Waals surface area contributed by atoms with Crippen LogP contribution in [0.3, 0.4) is 0 Å². The molecule has 28 heavy (non-hydrogen) atoms. The smallest absolute Gasteiger partial charge is 0.251 e. The number of halogens is 1. The second kappa shape index (κ2) is 8.97. The molecule has 1 heterocycles. The summed E-state index contributed by atoms with van der Waals surface area (Å²) in [5.74, 6) is -0.309. The summed E-state index contributed by atoms with van der Waals surface area (Å²) in [4.78, 5) is 28.2. The molecule has 2 amide bonds. The number of likely N-dealkylation sites (N-methyl/N-ethyl adjacent to an activating group) is 1. The van der Waals surface area contributed by atoms with E-state index in [1.165, 1.54) is 12.1 Å². The Morgan fingerprint density at radius 3 is 2.68 bits per heavy atom. The largest absolute Gasteiger partial charge is 0.350 e. The highest BCUT2D eigenvalue weighted by Crippen LogP contribution is 2.19. The first-order chi connectivity index (χ1) is 13.4. The van der Waals surface area contributed by atoms with Crippen LogP contribution in [0.25, 0.3) is 0 Å². The maximum absolute atomic E-state index is 13.6. The van der Waals surface area contributed by atoms with E-state index < -0.39 is 0 Å². The quantitative estimate of drug-likeness (QED) is 0.800. The SMILES string of the molecule is CN(C)C(CNC(=O)c1cccc(CN2CCCC2=O)c1)c1cccc(F)c1. The lowest BCUT2D eigenvalue weighted by Crippen LogP contribution is -2.34. The van der Waals surface area contributed by atoms with Crippen molar-refractivity contribution < 1.29 is 14.0 Å². The number of nitrogens with one attached hydrogen (secondary N) is 1. The van der Waals surface area contributed by atoms with E-state index in [1.807, 2.05) is 48.2 Å². The average molecular weight is 383 g/mol. The molecule has 0 spiro atoms. The van der Waals surface area contributed by atoms with Crippen LogP contribution < -0.4 is 5.32 Å². The van der Waals surface area contributed by atoms with Crippen LogP contribution >= 0.6 is 0 Å². The minimum atomic E-state index is -0.292. The molecule has 1 atom stereocenters. The van der Waals surface area contributed by atoms with E-state index in [2.05, 4.69) is 5.32 Å². The van der Waals surface area contributed by atoms with E-state index in [4.69, 9.17) is 0 Å². The summed E-state index contributed by atoms with van der Waals surface area (Å²) < 4.78 is 13.6. The van der Waals surface area contributed by atoms with Gasteiger partial charge in [0.1, 0.15) is 5.82 Å². The Kier molecular flexibility index (Phi) is 6.41. The molecule has 1 N–H and O–H groups in total. The molecule has 1 fully saturated rings. The number of amides is 2. The van der Waals surface area contributed by atoms with Crippen molar-refractivity contribution in [1.29, 1.82) is 0 Å². The summed E-state index contributed by atoms with van der Waals surface area (Å²) in [6.07, 6.45) is 1.50. The predicted octanol–water partition coefficient (Wildman–Crippen LogP) is 2.98. The van der Waals surface area contributed by atoms with Gasteiger partial charge in [-0.25, -0.2) is 4.39 Å². The molecule has 0 radical (unpaired) electrons. The summed E-state index contributed by atoms with van der Waals surface area (Å²) in [7, 11) is 3.80. The van der Waals surface area contributed by atoms with Gasteiger partial charge in [-0.2, -0.15) is 0 Å². The number of likely N-dealkylation sites (tertiary alicyclic amines) is 1. The van der Waals surface area contributed by atoms with Crippen molar-refractivity contribution in [3.63, 3.8) is 0 Å². The van der Waals surface area contributed by atoms with Crippen LogP contribution in [0.4, 0.5) is 4.39 Å². The molecular formula is C22H26FN3O2. The third-order valence-electron chi connectivity index (χ3n) is 5.05. The number of carbonyl (C=O) groups excluding carboxylic acids is 2. The highest BCUT2D eigenvalue weighted by molar-refractivity contribution is 5.94. The van der Waals surface area contributed by atoms with Crippen LogP contribution in [-0.4, -0.2) is 48.8 Å². The molecule has 3 rings (SSSR count). The van der Waals surface area contributed by atoms with Gasteiger partial charge >= 0.3 is 0 Å². The zero-order chi connectivity index (χ0) is 20.1. The molecule has 1 aliphatic rings. The minimum absolute atomic E-state index is 0.134. The van der Waals surface area contributed by atoms with Crippen molar-refractivity contribution in [2.24, 2.45) is 0 Å². The van der Waals surface area contributed by atoms with Crippen LogP contribution in [0, 0.1) is 5.82 Å². The van der Waals surface area contributed by atoms with E-state index >= 15 is 0 Å². The van der Waals surface area contributed by atoms with Crippen molar-refractivity contribution in [2.45, 2.75) is 25.4 Å². The highest BCUT2D eigenvalue weighted by atomic mass is 19.1. The Hall–Kier alpha value is -2.73. The maximum atomic E-state index is 13.6. The average Bonchev–Trinajstić information content (AvgIpc) is 3.06. The summed E-state index contributed by atoms with van der Waals surface area (Å²) in [6, 6.07) is 13.6. The first-order valence-electron chi connectivity index (χ1n) is 9.51. The van der Waals surface area contributed by atoms with Gasteiger partial charge < -0.3 is 15.1 Å². The minimum Gasteiger partial charge on any atom is -0.350 e. The highest BCUT2D eigenvalue weighted by Gasteiger charge is 2.21. The molecule has 0 aromatic heterocycles. The Labute approximate surface area is 165 Å². The number of hydrogen-bond acceptors (Lipinski definition) is 3. The number of benzene rings is 2. The molecule has 2 aromatic carbocycles. The molecule has 148 valence electrons. The standard InChI is InChI=1S/C22H26FN3O2/c1-25(2)20(17-7-4-9-19(23)13-17)14-24-22(28)18-8-3-6-16(12-18)15-26-11-5-10-21(26)27/h3-4,6-9,12-13,20H,5,10-11,14-15H2,1-2H3,(H,24,28). The number of carbonyl (C=O) groups is 2. The number of hydrogen-bond donors (Lipinski definition) is 1. The van der Waals surface area contributed by atoms with Gasteiger partial charge in [0, 0.05) is 31.6 Å². The van der Waals surface area contributed by atoms with Crippen LogP contribution in [0.15, 0.2) is 48.5 Å². The summed E-state index contributed by atoms with van der Waals surface area (Å²) >= 11 is 0. The second-order valence-electron chi connectivity index (χ2n) is 7.36. The van der Waals surface area contributed by atoms with Gasteiger partial charge in [-0.15, -0.1) is 0 Å². The maximum Gasteiger partial charge on any atom is 0.251 e. The zero-order valence-corrected chi connectivity index (χ0v) is 16.3. The molecule has 6 heteroatoms. The lowest BCUT2D eigenvalue weighted by molar-refractivity contribution is -0.128. The molecule has 1 unspecified atom stereocenters. The van der Waals surface area contributed by atoms with Crippen LogP contribution in [0.2, 0.25) is 0 Å². The summed E-state index contributed by atoms with van der Waals surface area (Å²) in [5, 5.41) is 2.94. The van der Waals surface area contributed by atoms with Crippen molar-refractivity contribution in [1.82, 2.24) is 15.1 Å². The van der Waals surface area contributed by atoms with Gasteiger partial charge in [-0.3, -0.25) is 9.59 Å². The topological polar surface area (TPSA) is 52.7 Å². The van der Waals surface area contributed by atoms with Gasteiger partial charge in [0.05, 0.1) is 6.04 Å². The van der Waals surface area contributed by atoms with E-state index in [0.717, 1.165) is 24.1 Å². The van der Waals surface area contributed by atoms with Crippen molar-refractivity contribution in [3.05, 3.63) is 71.0 Å². The molecule has 5 nitrogen and oxygen atoms in total. The van der Waals surface area contributed by atoms with Gasteiger partial charge in [-0.05, 0) is 55.9 Å². The van der Waals surface area contributed by atoms with E-state index in [1.54, 1.807) is 12.1 Å². The van der Waals surface area contributed by atoms with Gasteiger partial charge in [0.15, 0.2) is 0 Å². The van der Waals surface area contributed by atoms with Crippen molar-refractivity contribution in [2.75, 3.05) is 27.2 Å². The fourth-order valence-electron chi connectivity index (χ4n) is 3.51. The first kappa shape index (κ1) is 20.0. The third-order valence-corrected chi connectivity index (χ3v) is 5.05. The number of nitrogens with zero attached hydrogens (tertiary/aromatic N) is 2. The third kappa shape index (κ3) is 4.95. The fraction of sp³-hybridized carbons (Fsp3) is 0.364. The first-order valence-corrected chi connectivity index (χ1v) is 9.51. The Bertz CT molecular complexity index is 853. The molecule has 2 aromatic rings. The van der Waals surface area contributed by atoms with Crippen LogP contribution in [-0.2, 0) is 11.3 Å². The molecule has 1 aliphatic heterocycles. The fourth-order valence-corrected chi connectivity index (χ4v) is 3.51. The monoisotopic (exact) mass is 383 g/mol. The zero-order valence-electron chi connectivity index (χ0n) is 16.3. The second-order valence-corrected chi connectivity index (χ2v) is 7.36. The molecule has 0 aliphatic carbocycles. The summed E-state index contributed by atoms with van der Waals surface area (Å²) in [5.41, 5.74) is 2.31. The molecule has 1 saturated heterocycles. The Morgan fingerprint density at radius 1 is 1.21 bits per heavy atom. The van der Waals surface area contributed by atoms with E-state index in [9.17, 15) is 14.0 Å². The Balaban J connectivity index is 1.65. The predicted molar refractivity (Wildman–Crippen MR) is 106 cm³/mol. The molecule has 0 saturated carbocycles. The van der Waals surface area contributed by atoms with Crippen molar-refractivity contribution in [3.8, 4) is 0 Å². The molecule has 0 bridgehead atoms. The van der Waals surface area contributed by atoms with Gasteiger partial charge in [0.2, 0.25) is 5.91 Å².